The fourth-order valence-corrected chi connectivity index (χ4v) is 0.832. The molecule has 0 aromatic rings. The molecule has 0 radical (unpaired) electrons. The molecule has 0 aromatic carbocycles. The van der Waals surface area contributed by atoms with Gasteiger partial charge in [0.15, 0.2) is 0 Å². The first kappa shape index (κ1) is 7.98. The van der Waals surface area contributed by atoms with Gasteiger partial charge in [-0.15, -0.1) is 0 Å². The van der Waals surface area contributed by atoms with E-state index in [2.05, 4.69) is 0 Å². The van der Waals surface area contributed by atoms with E-state index in [1.165, 1.54) is 0 Å². The first-order valence-electron chi connectivity index (χ1n) is 3.50. The van der Waals surface area contributed by atoms with Crippen LogP contribution in [0.2, 0.25) is 0 Å². The maximum atomic E-state index is 8.66. The quantitative estimate of drug-likeness (QED) is 0.573. The number of hydrogen-bond acceptors (Lipinski definition) is 3. The summed E-state index contributed by atoms with van der Waals surface area (Å²) in [7, 11) is 0. The normalized spacial score (nSPS) is 32.1. The predicted molar refractivity (Wildman–Crippen MR) is 36.9 cm³/mol. The van der Waals surface area contributed by atoms with Gasteiger partial charge in [-0.25, -0.2) is 0 Å². The summed E-state index contributed by atoms with van der Waals surface area (Å²) in [5.74, 6) is 0. The third-order valence-electron chi connectivity index (χ3n) is 1.53. The van der Waals surface area contributed by atoms with Crippen LogP contribution in [0.4, 0.5) is 0 Å². The summed E-state index contributed by atoms with van der Waals surface area (Å²) in [6, 6.07) is 0. The third kappa shape index (κ3) is 1.94. The molecule has 10 heavy (non-hydrogen) atoms. The van der Waals surface area contributed by atoms with Crippen LogP contribution in [0, 0.1) is 0 Å². The van der Waals surface area contributed by atoms with Gasteiger partial charge in [-0.3, -0.25) is 0 Å². The van der Waals surface area contributed by atoms with Crippen LogP contribution in [0.25, 0.3) is 0 Å². The number of aliphatic hydroxyl groups excluding tert-OH is 1. The van der Waals surface area contributed by atoms with Gasteiger partial charge in [-0.2, -0.15) is 0 Å². The Morgan fingerprint density at radius 3 is 2.70 bits per heavy atom. The lowest BCUT2D eigenvalue weighted by Gasteiger charge is -2.34. The van der Waals surface area contributed by atoms with E-state index < -0.39 is 0 Å². The second kappa shape index (κ2) is 2.86. The van der Waals surface area contributed by atoms with E-state index >= 15 is 0 Å². The van der Waals surface area contributed by atoms with Crippen LogP contribution in [-0.4, -0.2) is 36.6 Å². The standard InChI is InChI=1S/C7H14O3/c1-7(2)5-9-6(3-8)4-10-7/h6,8H,3-5H2,1-2H3/t6-/m0/s1. The van der Waals surface area contributed by atoms with Crippen molar-refractivity contribution >= 4 is 0 Å². The summed E-state index contributed by atoms with van der Waals surface area (Å²) in [5, 5.41) is 8.66. The SMILES string of the molecule is CC1(C)CO[C@@H](CO)CO1. The molecule has 0 amide bonds. The Hall–Kier alpha value is -0.120. The van der Waals surface area contributed by atoms with Gasteiger partial charge in [-0.1, -0.05) is 0 Å². The highest BCUT2D eigenvalue weighted by Gasteiger charge is 2.27. The summed E-state index contributed by atoms with van der Waals surface area (Å²) in [6.07, 6.45) is -0.118. The average Bonchev–Trinajstić information content (AvgIpc) is 1.88. The van der Waals surface area contributed by atoms with E-state index in [9.17, 15) is 0 Å². The molecular weight excluding hydrogens is 132 g/mol. The first-order chi connectivity index (χ1) is 4.64. The Kier molecular flexibility index (Phi) is 2.28. The fraction of sp³-hybridized carbons (Fsp3) is 1.00. The number of ether oxygens (including phenoxy) is 2. The fourth-order valence-electron chi connectivity index (χ4n) is 0.832. The van der Waals surface area contributed by atoms with Gasteiger partial charge in [0.25, 0.3) is 0 Å². The highest BCUT2D eigenvalue weighted by atomic mass is 16.6. The molecule has 1 aliphatic rings. The first-order valence-corrected chi connectivity index (χ1v) is 3.50. The maximum Gasteiger partial charge on any atom is 0.104 e. The van der Waals surface area contributed by atoms with E-state index in [4.69, 9.17) is 14.6 Å². The summed E-state index contributed by atoms with van der Waals surface area (Å²) in [6.45, 7) is 5.07. The Morgan fingerprint density at radius 2 is 2.30 bits per heavy atom. The third-order valence-corrected chi connectivity index (χ3v) is 1.53. The zero-order valence-corrected chi connectivity index (χ0v) is 6.46. The van der Waals surface area contributed by atoms with Gasteiger partial charge in [0, 0.05) is 0 Å². The highest BCUT2D eigenvalue weighted by molar-refractivity contribution is 4.74. The molecule has 1 fully saturated rings. The number of aliphatic hydroxyl groups is 1. The largest absolute Gasteiger partial charge is 0.394 e. The van der Waals surface area contributed by atoms with Gasteiger partial charge in [0.2, 0.25) is 0 Å². The lowest BCUT2D eigenvalue weighted by Crippen LogP contribution is -2.43. The molecule has 1 rings (SSSR count). The molecule has 0 saturated carbocycles. The molecule has 1 saturated heterocycles. The lowest BCUT2D eigenvalue weighted by molar-refractivity contribution is -0.183. The van der Waals surface area contributed by atoms with Gasteiger partial charge in [0.05, 0.1) is 25.4 Å². The van der Waals surface area contributed by atoms with Crippen molar-refractivity contribution in [3.8, 4) is 0 Å². The second-order valence-corrected chi connectivity index (χ2v) is 3.19. The maximum absolute atomic E-state index is 8.66. The van der Waals surface area contributed by atoms with E-state index in [1.807, 2.05) is 13.8 Å². The molecule has 3 nitrogen and oxygen atoms in total. The van der Waals surface area contributed by atoms with Gasteiger partial charge in [0.1, 0.15) is 6.10 Å². The van der Waals surface area contributed by atoms with Crippen molar-refractivity contribution in [1.29, 1.82) is 0 Å². The molecule has 1 aliphatic heterocycles. The summed E-state index contributed by atoms with van der Waals surface area (Å²) < 4.78 is 10.7. The van der Waals surface area contributed by atoms with Crippen molar-refractivity contribution in [3.63, 3.8) is 0 Å². The van der Waals surface area contributed by atoms with Crippen LogP contribution in [0.5, 0.6) is 0 Å². The molecule has 0 aromatic heterocycles. The van der Waals surface area contributed by atoms with Crippen LogP contribution in [0.15, 0.2) is 0 Å². The minimum absolute atomic E-state index is 0.0517. The molecular formula is C7H14O3. The zero-order chi connectivity index (χ0) is 7.61. The highest BCUT2D eigenvalue weighted by Crippen LogP contribution is 2.16. The van der Waals surface area contributed by atoms with Gasteiger partial charge in [-0.05, 0) is 13.8 Å². The van der Waals surface area contributed by atoms with Crippen LogP contribution in [0.3, 0.4) is 0 Å². The molecule has 0 aliphatic carbocycles. The number of rotatable bonds is 1. The van der Waals surface area contributed by atoms with Crippen molar-refractivity contribution in [3.05, 3.63) is 0 Å². The Bertz CT molecular complexity index is 101. The summed E-state index contributed by atoms with van der Waals surface area (Å²) in [5.41, 5.74) is -0.175. The van der Waals surface area contributed by atoms with E-state index in [-0.39, 0.29) is 18.3 Å². The summed E-state index contributed by atoms with van der Waals surface area (Å²) in [4.78, 5) is 0. The van der Waals surface area contributed by atoms with Crippen molar-refractivity contribution < 1.29 is 14.6 Å². The van der Waals surface area contributed by atoms with Crippen LogP contribution in [-0.2, 0) is 9.47 Å². The monoisotopic (exact) mass is 146 g/mol. The smallest absolute Gasteiger partial charge is 0.104 e. The van der Waals surface area contributed by atoms with Crippen LogP contribution < -0.4 is 0 Å². The Labute approximate surface area is 60.9 Å². The Morgan fingerprint density at radius 1 is 1.60 bits per heavy atom. The molecule has 0 bridgehead atoms. The molecule has 3 heteroatoms. The Balaban J connectivity index is 2.31. The van der Waals surface area contributed by atoms with Gasteiger partial charge < -0.3 is 14.6 Å². The average molecular weight is 146 g/mol. The van der Waals surface area contributed by atoms with E-state index in [0.29, 0.717) is 13.2 Å². The minimum Gasteiger partial charge on any atom is -0.394 e. The molecule has 0 unspecified atom stereocenters. The predicted octanol–water partition coefficient (Wildman–Crippen LogP) is 0.173. The van der Waals surface area contributed by atoms with Crippen molar-refractivity contribution in [2.45, 2.75) is 25.6 Å². The molecule has 60 valence electrons. The van der Waals surface area contributed by atoms with Crippen LogP contribution >= 0.6 is 0 Å². The molecule has 1 atom stereocenters. The van der Waals surface area contributed by atoms with Crippen molar-refractivity contribution in [1.82, 2.24) is 0 Å². The lowest BCUT2D eigenvalue weighted by atomic mass is 10.1. The molecule has 1 N–H and O–H groups in total. The van der Waals surface area contributed by atoms with E-state index in [1.54, 1.807) is 0 Å². The number of hydrogen-bond donors (Lipinski definition) is 1. The van der Waals surface area contributed by atoms with E-state index in [0.717, 1.165) is 0 Å². The summed E-state index contributed by atoms with van der Waals surface area (Å²) >= 11 is 0. The van der Waals surface area contributed by atoms with Crippen molar-refractivity contribution in [2.75, 3.05) is 19.8 Å². The topological polar surface area (TPSA) is 38.7 Å². The minimum atomic E-state index is -0.175. The van der Waals surface area contributed by atoms with Crippen molar-refractivity contribution in [2.24, 2.45) is 0 Å². The van der Waals surface area contributed by atoms with Gasteiger partial charge >= 0.3 is 0 Å². The second-order valence-electron chi connectivity index (χ2n) is 3.19. The van der Waals surface area contributed by atoms with Crippen LogP contribution in [0.1, 0.15) is 13.8 Å². The molecule has 1 heterocycles. The zero-order valence-electron chi connectivity index (χ0n) is 6.46. The molecule has 0 spiro atoms.